The predicted octanol–water partition coefficient (Wildman–Crippen LogP) is 5.61. The molecule has 0 aliphatic carbocycles. The van der Waals surface area contributed by atoms with Gasteiger partial charge in [-0.1, -0.05) is 58.6 Å². The molecule has 0 saturated heterocycles. The van der Waals surface area contributed by atoms with Crippen LogP contribution < -0.4 is 9.47 Å². The van der Waals surface area contributed by atoms with E-state index in [4.69, 9.17) is 25.8 Å². The van der Waals surface area contributed by atoms with E-state index < -0.39 is 5.97 Å². The van der Waals surface area contributed by atoms with Crippen LogP contribution >= 0.6 is 11.6 Å². The van der Waals surface area contributed by atoms with Crippen molar-refractivity contribution in [2.45, 2.75) is 72.6 Å². The van der Waals surface area contributed by atoms with Crippen molar-refractivity contribution in [2.75, 3.05) is 19.8 Å². The Bertz CT molecular complexity index is 563. The number of halogens is 1. The molecule has 0 saturated carbocycles. The number of nitrogens with zero attached hydrogens (tertiary/aromatic N) is 1. The van der Waals surface area contributed by atoms with Crippen LogP contribution in [0.2, 0.25) is 5.15 Å². The molecule has 5 nitrogen and oxygen atoms in total. The lowest BCUT2D eigenvalue weighted by Crippen LogP contribution is -2.15. The van der Waals surface area contributed by atoms with Crippen molar-refractivity contribution in [3.63, 3.8) is 0 Å². The molecule has 1 aromatic rings. The minimum absolute atomic E-state index is 0.202. The second kappa shape index (κ2) is 12.8. The predicted molar refractivity (Wildman–Crippen MR) is 105 cm³/mol. The van der Waals surface area contributed by atoms with Crippen molar-refractivity contribution in [1.82, 2.24) is 4.98 Å². The van der Waals surface area contributed by atoms with Crippen molar-refractivity contribution in [3.8, 4) is 11.6 Å². The third-order valence-corrected chi connectivity index (χ3v) is 4.25. The fourth-order valence-corrected chi connectivity index (χ4v) is 2.61. The van der Waals surface area contributed by atoms with Crippen LogP contribution in [0.25, 0.3) is 0 Å². The van der Waals surface area contributed by atoms with Crippen molar-refractivity contribution in [2.24, 2.45) is 0 Å². The normalized spacial score (nSPS) is 10.7. The summed E-state index contributed by atoms with van der Waals surface area (Å²) in [5, 5.41) is 0.315. The van der Waals surface area contributed by atoms with Gasteiger partial charge >= 0.3 is 5.97 Å². The second-order valence-electron chi connectivity index (χ2n) is 6.14. The maximum atomic E-state index is 12.7. The zero-order valence-electron chi connectivity index (χ0n) is 16.5. The van der Waals surface area contributed by atoms with E-state index in [1.165, 1.54) is 0 Å². The Balaban J connectivity index is 3.26. The molecule has 0 N–H and O–H groups in total. The second-order valence-corrected chi connectivity index (χ2v) is 6.50. The van der Waals surface area contributed by atoms with Gasteiger partial charge in [-0.15, -0.1) is 0 Å². The van der Waals surface area contributed by atoms with Gasteiger partial charge in [0.25, 0.3) is 0 Å². The molecule has 0 aliphatic heterocycles. The van der Waals surface area contributed by atoms with Crippen LogP contribution in [0.4, 0.5) is 0 Å². The Labute approximate surface area is 162 Å². The number of unbranched alkanes of at least 4 members (excludes halogenated alkanes) is 3. The topological polar surface area (TPSA) is 57.7 Å². The number of esters is 1. The summed E-state index contributed by atoms with van der Waals surface area (Å²) in [7, 11) is 0. The van der Waals surface area contributed by atoms with Crippen molar-refractivity contribution < 1.29 is 19.0 Å². The van der Waals surface area contributed by atoms with Crippen LogP contribution in [0.5, 0.6) is 11.6 Å². The van der Waals surface area contributed by atoms with Crippen LogP contribution in [0.15, 0.2) is 0 Å². The lowest BCUT2D eigenvalue weighted by molar-refractivity contribution is 0.0488. The molecule has 0 aliphatic rings. The van der Waals surface area contributed by atoms with Crippen molar-refractivity contribution in [3.05, 3.63) is 16.3 Å². The Morgan fingerprint density at radius 1 is 0.923 bits per heavy atom. The summed E-state index contributed by atoms with van der Waals surface area (Å²) >= 11 is 6.34. The first kappa shape index (κ1) is 22.6. The summed E-state index contributed by atoms with van der Waals surface area (Å²) in [6, 6.07) is 0. The number of rotatable bonds is 13. The minimum Gasteiger partial charge on any atom is -0.492 e. The molecule has 0 spiro atoms. The van der Waals surface area contributed by atoms with Gasteiger partial charge in [-0.3, -0.25) is 0 Å². The molecule has 1 heterocycles. The van der Waals surface area contributed by atoms with E-state index in [9.17, 15) is 4.79 Å². The molecule has 6 heteroatoms. The zero-order chi connectivity index (χ0) is 19.4. The molecule has 0 radical (unpaired) electrons. The molecule has 148 valence electrons. The van der Waals surface area contributed by atoms with Crippen LogP contribution in [0.1, 0.15) is 82.1 Å². The highest BCUT2D eigenvalue weighted by atomic mass is 35.5. The summed E-state index contributed by atoms with van der Waals surface area (Å²) in [6.45, 7) is 9.50. The molecule has 1 rings (SSSR count). The Kier molecular flexibility index (Phi) is 11.1. The van der Waals surface area contributed by atoms with E-state index >= 15 is 0 Å². The zero-order valence-corrected chi connectivity index (χ0v) is 17.3. The van der Waals surface area contributed by atoms with E-state index in [-0.39, 0.29) is 11.4 Å². The van der Waals surface area contributed by atoms with E-state index in [0.29, 0.717) is 42.7 Å². The maximum absolute atomic E-state index is 12.7. The average Bonchev–Trinajstić information content (AvgIpc) is 2.62. The number of hydrogen-bond donors (Lipinski definition) is 0. The van der Waals surface area contributed by atoms with E-state index in [0.717, 1.165) is 38.5 Å². The highest BCUT2D eigenvalue weighted by molar-refractivity contribution is 6.30. The molecular weight excluding hydrogens is 354 g/mol. The van der Waals surface area contributed by atoms with E-state index in [1.54, 1.807) is 0 Å². The molecule has 26 heavy (non-hydrogen) atoms. The first-order chi connectivity index (χ1) is 12.6. The summed E-state index contributed by atoms with van der Waals surface area (Å²) in [6.07, 6.45) is 6.10. The number of hydrogen-bond acceptors (Lipinski definition) is 5. The molecule has 0 amide bonds. The Hall–Kier alpha value is -1.49. The maximum Gasteiger partial charge on any atom is 0.347 e. The standard InChI is InChI=1S/C20H32ClNO4/c1-5-9-12-24-17-15(8-4)18(21)22-19(25-13-10-6-2)16(17)20(23)26-14-11-7-3/h5-14H2,1-4H3. The fraction of sp³-hybridized carbons (Fsp3) is 0.700. The van der Waals surface area contributed by atoms with Gasteiger partial charge in [0.05, 0.1) is 19.8 Å². The summed E-state index contributed by atoms with van der Waals surface area (Å²) in [5.41, 5.74) is 0.975. The number of carbonyl (C=O) groups excluding carboxylic acids is 1. The Morgan fingerprint density at radius 2 is 1.50 bits per heavy atom. The van der Waals surface area contributed by atoms with E-state index in [1.807, 2.05) is 13.8 Å². The van der Waals surface area contributed by atoms with Crippen LogP contribution in [0, 0.1) is 0 Å². The van der Waals surface area contributed by atoms with Gasteiger partial charge in [0.15, 0.2) is 5.56 Å². The molecule has 0 bridgehead atoms. The van der Waals surface area contributed by atoms with Crippen LogP contribution in [-0.2, 0) is 11.2 Å². The molecule has 0 atom stereocenters. The monoisotopic (exact) mass is 385 g/mol. The number of aromatic nitrogens is 1. The summed E-state index contributed by atoms with van der Waals surface area (Å²) in [5.74, 6) is 0.193. The first-order valence-electron chi connectivity index (χ1n) is 9.75. The van der Waals surface area contributed by atoms with Crippen molar-refractivity contribution >= 4 is 17.6 Å². The molecule has 0 fully saturated rings. The molecule has 0 aromatic carbocycles. The van der Waals surface area contributed by atoms with Crippen molar-refractivity contribution in [1.29, 1.82) is 0 Å². The Morgan fingerprint density at radius 3 is 2.08 bits per heavy atom. The summed E-state index contributed by atoms with van der Waals surface area (Å²) in [4.78, 5) is 17.1. The number of carbonyl (C=O) groups is 1. The van der Waals surface area contributed by atoms with Crippen LogP contribution in [0.3, 0.4) is 0 Å². The van der Waals surface area contributed by atoms with Gasteiger partial charge < -0.3 is 14.2 Å². The summed E-state index contributed by atoms with van der Waals surface area (Å²) < 4.78 is 17.1. The molecule has 0 unspecified atom stereocenters. The lowest BCUT2D eigenvalue weighted by atomic mass is 10.1. The minimum atomic E-state index is -0.463. The number of ether oxygens (including phenoxy) is 3. The lowest BCUT2D eigenvalue weighted by Gasteiger charge is -2.18. The van der Waals surface area contributed by atoms with Gasteiger partial charge in [0.1, 0.15) is 10.9 Å². The highest BCUT2D eigenvalue weighted by Crippen LogP contribution is 2.36. The smallest absolute Gasteiger partial charge is 0.347 e. The SMILES string of the molecule is CCCCOC(=O)c1c(OCCCC)nc(Cl)c(CC)c1OCCCC. The number of pyridine rings is 1. The third-order valence-electron chi connectivity index (χ3n) is 3.93. The largest absolute Gasteiger partial charge is 0.492 e. The third kappa shape index (κ3) is 6.67. The van der Waals surface area contributed by atoms with E-state index in [2.05, 4.69) is 18.8 Å². The van der Waals surface area contributed by atoms with Gasteiger partial charge in [0, 0.05) is 5.56 Å². The first-order valence-corrected chi connectivity index (χ1v) is 10.1. The highest BCUT2D eigenvalue weighted by Gasteiger charge is 2.27. The quantitative estimate of drug-likeness (QED) is 0.251. The van der Waals surface area contributed by atoms with Gasteiger partial charge in [-0.2, -0.15) is 0 Å². The van der Waals surface area contributed by atoms with Crippen LogP contribution in [-0.4, -0.2) is 30.8 Å². The molecule has 1 aromatic heterocycles. The van der Waals surface area contributed by atoms with Gasteiger partial charge in [-0.25, -0.2) is 9.78 Å². The average molecular weight is 386 g/mol. The van der Waals surface area contributed by atoms with Gasteiger partial charge in [-0.05, 0) is 25.7 Å². The fourth-order valence-electron chi connectivity index (χ4n) is 2.32. The van der Waals surface area contributed by atoms with Gasteiger partial charge in [0.2, 0.25) is 5.88 Å². The molecular formula is C20H32ClNO4.